The number of nitrogens with zero attached hydrogens (tertiary/aromatic N) is 3. The Morgan fingerprint density at radius 1 is 1.43 bits per heavy atom. The number of rotatable bonds is 4. The summed E-state index contributed by atoms with van der Waals surface area (Å²) in [6.07, 6.45) is 3.93. The van der Waals surface area contributed by atoms with Crippen LogP contribution in [-0.2, 0) is 19.4 Å². The Morgan fingerprint density at radius 3 is 2.95 bits per heavy atom. The number of aliphatic hydroxyl groups excluding tert-OH is 1. The second-order valence-electron chi connectivity index (χ2n) is 6.59. The van der Waals surface area contributed by atoms with Gasteiger partial charge in [0.1, 0.15) is 5.82 Å². The Balaban J connectivity index is 1.94. The van der Waals surface area contributed by atoms with Crippen molar-refractivity contribution in [1.82, 2.24) is 9.88 Å². The first-order valence-corrected chi connectivity index (χ1v) is 7.89. The van der Waals surface area contributed by atoms with Gasteiger partial charge in [-0.05, 0) is 51.4 Å². The largest absolute Gasteiger partial charge is 0.391 e. The molecule has 21 heavy (non-hydrogen) atoms. The monoisotopic (exact) mass is 290 g/mol. The van der Waals surface area contributed by atoms with Crippen LogP contribution in [0, 0.1) is 0 Å². The molecule has 1 aliphatic carbocycles. The van der Waals surface area contributed by atoms with E-state index in [0.717, 1.165) is 37.2 Å². The summed E-state index contributed by atoms with van der Waals surface area (Å²) < 4.78 is 0. The van der Waals surface area contributed by atoms with Crippen molar-refractivity contribution < 1.29 is 5.11 Å². The highest BCUT2D eigenvalue weighted by Crippen LogP contribution is 2.31. The van der Waals surface area contributed by atoms with Crippen molar-refractivity contribution in [2.75, 3.05) is 32.1 Å². The predicted molar refractivity (Wildman–Crippen MR) is 84.5 cm³/mol. The molecule has 1 saturated heterocycles. The molecular formula is C16H26N4O. The number of hydrogen-bond donors (Lipinski definition) is 2. The van der Waals surface area contributed by atoms with E-state index >= 15 is 0 Å². The summed E-state index contributed by atoms with van der Waals surface area (Å²) in [5.74, 6) is 1.00. The van der Waals surface area contributed by atoms with Gasteiger partial charge in [0.25, 0.3) is 0 Å². The maximum absolute atomic E-state index is 10.1. The summed E-state index contributed by atoms with van der Waals surface area (Å²) in [4.78, 5) is 9.36. The molecule has 116 valence electrons. The van der Waals surface area contributed by atoms with Gasteiger partial charge in [-0.15, -0.1) is 0 Å². The summed E-state index contributed by atoms with van der Waals surface area (Å²) in [5, 5.41) is 10.1. The molecule has 5 heteroatoms. The van der Waals surface area contributed by atoms with E-state index in [-0.39, 0.29) is 6.10 Å². The molecule has 3 rings (SSSR count). The minimum absolute atomic E-state index is 0.268. The third-order valence-corrected chi connectivity index (χ3v) is 4.57. The number of nitrogens with two attached hydrogens (primary N) is 1. The second kappa shape index (κ2) is 5.91. The van der Waals surface area contributed by atoms with Crippen LogP contribution in [0.1, 0.15) is 29.7 Å². The lowest BCUT2D eigenvalue weighted by Crippen LogP contribution is -2.39. The van der Waals surface area contributed by atoms with Crippen LogP contribution in [0.3, 0.4) is 0 Å². The zero-order valence-electron chi connectivity index (χ0n) is 13.0. The SMILES string of the molecule is CN(C)CC1CC(O)CN1c1nc2c(cc1CN)CCC2. The molecule has 1 aromatic rings. The Labute approximate surface area is 126 Å². The fourth-order valence-electron chi connectivity index (χ4n) is 3.65. The fraction of sp³-hybridized carbons (Fsp3) is 0.688. The number of aliphatic hydroxyl groups is 1. The molecule has 0 amide bonds. The van der Waals surface area contributed by atoms with Gasteiger partial charge in [0.05, 0.1) is 6.10 Å². The molecule has 1 fully saturated rings. The number of likely N-dealkylation sites (N-methyl/N-ethyl adjacent to an activating group) is 1. The number of fused-ring (bicyclic) bond motifs is 1. The summed E-state index contributed by atoms with van der Waals surface area (Å²) in [6.45, 7) is 2.11. The number of anilines is 1. The third kappa shape index (κ3) is 2.91. The molecule has 2 atom stereocenters. The number of aryl methyl sites for hydroxylation is 2. The van der Waals surface area contributed by atoms with E-state index in [2.05, 4.69) is 30.0 Å². The van der Waals surface area contributed by atoms with Gasteiger partial charge in [0.15, 0.2) is 0 Å². The van der Waals surface area contributed by atoms with Crippen LogP contribution in [0.15, 0.2) is 6.07 Å². The minimum atomic E-state index is -0.268. The molecule has 1 aromatic heterocycles. The van der Waals surface area contributed by atoms with E-state index in [4.69, 9.17) is 10.7 Å². The lowest BCUT2D eigenvalue weighted by molar-refractivity contribution is 0.191. The van der Waals surface area contributed by atoms with Gasteiger partial charge in [-0.2, -0.15) is 0 Å². The molecule has 0 aromatic carbocycles. The predicted octanol–water partition coefficient (Wildman–Crippen LogP) is 0.530. The Bertz CT molecular complexity index is 517. The standard InChI is InChI=1S/C16H26N4O/c1-19(2)9-13-7-14(21)10-20(13)16-12(8-17)6-11-4-3-5-15(11)18-16/h6,13-14,21H,3-5,7-10,17H2,1-2H3. The number of β-amino-alcohol motifs (C(OH)–C–C–N with tert-alkyl or cyclic N) is 1. The molecule has 0 radical (unpaired) electrons. The molecule has 2 heterocycles. The van der Waals surface area contributed by atoms with E-state index in [1.165, 1.54) is 17.7 Å². The van der Waals surface area contributed by atoms with Crippen LogP contribution in [0.4, 0.5) is 5.82 Å². The first kappa shape index (κ1) is 14.8. The van der Waals surface area contributed by atoms with Crippen LogP contribution in [-0.4, -0.2) is 54.3 Å². The van der Waals surface area contributed by atoms with Gasteiger partial charge in [0.2, 0.25) is 0 Å². The third-order valence-electron chi connectivity index (χ3n) is 4.57. The first-order chi connectivity index (χ1) is 10.1. The van der Waals surface area contributed by atoms with Gasteiger partial charge >= 0.3 is 0 Å². The van der Waals surface area contributed by atoms with Crippen LogP contribution >= 0.6 is 0 Å². The molecular weight excluding hydrogens is 264 g/mol. The average Bonchev–Trinajstić information content (AvgIpc) is 3.02. The Hall–Kier alpha value is -1.17. The maximum atomic E-state index is 10.1. The quantitative estimate of drug-likeness (QED) is 0.847. The van der Waals surface area contributed by atoms with Gasteiger partial charge < -0.3 is 20.6 Å². The van der Waals surface area contributed by atoms with Crippen LogP contribution in [0.25, 0.3) is 0 Å². The highest BCUT2D eigenvalue weighted by Gasteiger charge is 2.33. The lowest BCUT2D eigenvalue weighted by Gasteiger charge is -2.29. The minimum Gasteiger partial charge on any atom is -0.391 e. The molecule has 2 unspecified atom stereocenters. The van der Waals surface area contributed by atoms with E-state index in [1.54, 1.807) is 0 Å². The van der Waals surface area contributed by atoms with Gasteiger partial charge in [0, 0.05) is 36.9 Å². The van der Waals surface area contributed by atoms with E-state index in [0.29, 0.717) is 19.1 Å². The number of pyridine rings is 1. The summed E-state index contributed by atoms with van der Waals surface area (Å²) in [5.41, 5.74) is 9.67. The molecule has 0 saturated carbocycles. The molecule has 0 spiro atoms. The molecule has 5 nitrogen and oxygen atoms in total. The van der Waals surface area contributed by atoms with E-state index < -0.39 is 0 Å². The second-order valence-corrected chi connectivity index (χ2v) is 6.59. The average molecular weight is 290 g/mol. The summed E-state index contributed by atoms with van der Waals surface area (Å²) in [6, 6.07) is 2.55. The van der Waals surface area contributed by atoms with Crippen LogP contribution < -0.4 is 10.6 Å². The molecule has 2 aliphatic rings. The van der Waals surface area contributed by atoms with Crippen molar-refractivity contribution in [2.45, 2.75) is 44.4 Å². The lowest BCUT2D eigenvalue weighted by atomic mass is 10.1. The van der Waals surface area contributed by atoms with Gasteiger partial charge in [-0.1, -0.05) is 0 Å². The highest BCUT2D eigenvalue weighted by atomic mass is 16.3. The van der Waals surface area contributed by atoms with E-state index in [1.807, 2.05) is 0 Å². The topological polar surface area (TPSA) is 65.6 Å². The molecule has 0 bridgehead atoms. The van der Waals surface area contributed by atoms with Crippen molar-refractivity contribution in [1.29, 1.82) is 0 Å². The van der Waals surface area contributed by atoms with Crippen molar-refractivity contribution in [3.63, 3.8) is 0 Å². The van der Waals surface area contributed by atoms with Gasteiger partial charge in [-0.25, -0.2) is 4.98 Å². The van der Waals surface area contributed by atoms with Crippen molar-refractivity contribution in [3.05, 3.63) is 22.9 Å². The maximum Gasteiger partial charge on any atom is 0.133 e. The first-order valence-electron chi connectivity index (χ1n) is 7.89. The summed E-state index contributed by atoms with van der Waals surface area (Å²) >= 11 is 0. The molecule has 1 aliphatic heterocycles. The zero-order chi connectivity index (χ0) is 15.0. The van der Waals surface area contributed by atoms with Crippen molar-refractivity contribution in [2.24, 2.45) is 5.73 Å². The van der Waals surface area contributed by atoms with Crippen molar-refractivity contribution in [3.8, 4) is 0 Å². The van der Waals surface area contributed by atoms with Crippen LogP contribution in [0.2, 0.25) is 0 Å². The molecule has 3 N–H and O–H groups in total. The number of aromatic nitrogens is 1. The highest BCUT2D eigenvalue weighted by molar-refractivity contribution is 5.53. The van der Waals surface area contributed by atoms with Gasteiger partial charge in [-0.3, -0.25) is 0 Å². The Kier molecular flexibility index (Phi) is 4.15. The Morgan fingerprint density at radius 2 is 2.24 bits per heavy atom. The summed E-state index contributed by atoms with van der Waals surface area (Å²) in [7, 11) is 4.14. The normalized spacial score (nSPS) is 24.9. The fourth-order valence-corrected chi connectivity index (χ4v) is 3.65. The van der Waals surface area contributed by atoms with E-state index in [9.17, 15) is 5.11 Å². The zero-order valence-corrected chi connectivity index (χ0v) is 13.0. The van der Waals surface area contributed by atoms with Crippen molar-refractivity contribution >= 4 is 5.82 Å². The van der Waals surface area contributed by atoms with Crippen LogP contribution in [0.5, 0.6) is 0 Å². The smallest absolute Gasteiger partial charge is 0.133 e. The number of hydrogen-bond acceptors (Lipinski definition) is 5.